The number of nitrogens with one attached hydrogen (secondary N) is 1. The van der Waals surface area contributed by atoms with Crippen LogP contribution in [0.3, 0.4) is 0 Å². The largest absolute Gasteiger partial charge is 0.454 e. The van der Waals surface area contributed by atoms with Gasteiger partial charge >= 0.3 is 0 Å². The second-order valence-electron chi connectivity index (χ2n) is 9.83. The molecule has 1 saturated carbocycles. The monoisotopic (exact) mass is 529 g/mol. The third-order valence-electron chi connectivity index (χ3n) is 6.92. The molecule has 0 saturated heterocycles. The highest BCUT2D eigenvalue weighted by Gasteiger charge is 2.31. The van der Waals surface area contributed by atoms with Crippen molar-refractivity contribution in [1.82, 2.24) is 10.2 Å². The number of benzene rings is 2. The van der Waals surface area contributed by atoms with Crippen LogP contribution in [-0.4, -0.2) is 56.8 Å². The third-order valence-corrected chi connectivity index (χ3v) is 8.06. The number of aryl methyl sites for hydroxylation is 1. The molecule has 1 N–H and O–H groups in total. The van der Waals surface area contributed by atoms with Gasteiger partial charge in [0.15, 0.2) is 11.5 Å². The zero-order chi connectivity index (χ0) is 26.6. The summed E-state index contributed by atoms with van der Waals surface area (Å²) in [5.41, 5.74) is 2.22. The number of hydrogen-bond donors (Lipinski definition) is 1. The van der Waals surface area contributed by atoms with E-state index >= 15 is 0 Å². The van der Waals surface area contributed by atoms with Crippen molar-refractivity contribution >= 4 is 27.5 Å². The Kier molecular flexibility index (Phi) is 8.26. The molecule has 1 unspecified atom stereocenters. The van der Waals surface area contributed by atoms with Gasteiger partial charge in [-0.2, -0.15) is 0 Å². The summed E-state index contributed by atoms with van der Waals surface area (Å²) in [4.78, 5) is 28.4. The van der Waals surface area contributed by atoms with Crippen LogP contribution in [0.1, 0.15) is 50.2 Å². The summed E-state index contributed by atoms with van der Waals surface area (Å²) >= 11 is 0. The van der Waals surface area contributed by atoms with Crippen LogP contribution in [0.25, 0.3) is 0 Å². The van der Waals surface area contributed by atoms with E-state index in [1.54, 1.807) is 25.1 Å². The summed E-state index contributed by atoms with van der Waals surface area (Å²) in [5, 5.41) is 3.10. The fraction of sp³-hybridized carbons (Fsp3) is 0.481. The lowest BCUT2D eigenvalue weighted by Gasteiger charge is -2.33. The van der Waals surface area contributed by atoms with Gasteiger partial charge in [0.05, 0.1) is 11.9 Å². The molecule has 2 aliphatic rings. The SMILES string of the molecule is Cc1ccc(CN(C(=O)CN(c2ccc3c(c2)OCO3)S(C)(=O)=O)C(C)C(=O)NC2CCCCC2)cc1. The molecule has 9 nitrogen and oxygen atoms in total. The van der Waals surface area contributed by atoms with Crippen molar-refractivity contribution in [2.24, 2.45) is 0 Å². The van der Waals surface area contributed by atoms with Gasteiger partial charge in [-0.05, 0) is 44.4 Å². The molecule has 37 heavy (non-hydrogen) atoms. The Hall–Kier alpha value is -3.27. The number of amides is 2. The van der Waals surface area contributed by atoms with E-state index in [2.05, 4.69) is 5.32 Å². The number of anilines is 1. The fourth-order valence-corrected chi connectivity index (χ4v) is 5.54. The van der Waals surface area contributed by atoms with Crippen LogP contribution < -0.4 is 19.1 Å². The molecule has 0 spiro atoms. The lowest BCUT2D eigenvalue weighted by molar-refractivity contribution is -0.139. The maximum atomic E-state index is 13.7. The van der Waals surface area contributed by atoms with E-state index in [9.17, 15) is 18.0 Å². The van der Waals surface area contributed by atoms with Crippen molar-refractivity contribution in [3.8, 4) is 11.5 Å². The van der Waals surface area contributed by atoms with Gasteiger partial charge < -0.3 is 19.7 Å². The third kappa shape index (κ3) is 6.74. The van der Waals surface area contributed by atoms with Crippen molar-refractivity contribution in [3.05, 3.63) is 53.6 Å². The molecule has 1 fully saturated rings. The summed E-state index contributed by atoms with van der Waals surface area (Å²) in [6, 6.07) is 11.8. The minimum Gasteiger partial charge on any atom is -0.454 e. The van der Waals surface area contributed by atoms with Crippen LogP contribution in [0.2, 0.25) is 0 Å². The fourth-order valence-electron chi connectivity index (χ4n) is 4.70. The highest BCUT2D eigenvalue weighted by atomic mass is 32.2. The molecule has 200 valence electrons. The van der Waals surface area contributed by atoms with Gasteiger partial charge in [0.25, 0.3) is 0 Å². The van der Waals surface area contributed by atoms with Gasteiger partial charge in [-0.3, -0.25) is 13.9 Å². The Morgan fingerprint density at radius 2 is 1.70 bits per heavy atom. The molecule has 4 rings (SSSR count). The van der Waals surface area contributed by atoms with Gasteiger partial charge in [0.1, 0.15) is 12.6 Å². The maximum Gasteiger partial charge on any atom is 0.244 e. The molecule has 1 atom stereocenters. The molecular formula is C27H35N3O6S. The molecule has 1 heterocycles. The predicted octanol–water partition coefficient (Wildman–Crippen LogP) is 3.36. The number of ether oxygens (including phenoxy) is 2. The first-order valence-electron chi connectivity index (χ1n) is 12.6. The van der Waals surface area contributed by atoms with Crippen LogP contribution in [0.5, 0.6) is 11.5 Å². The second kappa shape index (κ2) is 11.4. The molecule has 2 aromatic carbocycles. The Balaban J connectivity index is 1.58. The lowest BCUT2D eigenvalue weighted by atomic mass is 9.95. The zero-order valence-electron chi connectivity index (χ0n) is 21.6. The van der Waals surface area contributed by atoms with Crippen LogP contribution in [0, 0.1) is 6.92 Å². The molecule has 1 aliphatic heterocycles. The maximum absolute atomic E-state index is 13.7. The minimum absolute atomic E-state index is 0.0501. The summed E-state index contributed by atoms with van der Waals surface area (Å²) in [5.74, 6) is 0.212. The minimum atomic E-state index is -3.82. The van der Waals surface area contributed by atoms with Crippen molar-refractivity contribution in [1.29, 1.82) is 0 Å². The smallest absolute Gasteiger partial charge is 0.244 e. The number of hydrogen-bond acceptors (Lipinski definition) is 6. The lowest BCUT2D eigenvalue weighted by Crippen LogP contribution is -2.52. The normalized spacial score (nSPS) is 16.2. The Bertz CT molecular complexity index is 1230. The molecule has 0 bridgehead atoms. The van der Waals surface area contributed by atoms with Crippen molar-refractivity contribution in [3.63, 3.8) is 0 Å². The zero-order valence-corrected chi connectivity index (χ0v) is 22.4. The number of rotatable bonds is 9. The van der Waals surface area contributed by atoms with E-state index in [4.69, 9.17) is 9.47 Å². The molecule has 2 aromatic rings. The molecule has 0 aromatic heterocycles. The van der Waals surface area contributed by atoms with Crippen molar-refractivity contribution in [2.45, 2.75) is 64.6 Å². The Morgan fingerprint density at radius 3 is 2.38 bits per heavy atom. The van der Waals surface area contributed by atoms with Crippen molar-refractivity contribution in [2.75, 3.05) is 23.9 Å². The molecule has 0 radical (unpaired) electrons. The van der Waals surface area contributed by atoms with Gasteiger partial charge in [0, 0.05) is 18.7 Å². The Labute approximate surface area is 218 Å². The average Bonchev–Trinajstić information content (AvgIpc) is 3.34. The van der Waals surface area contributed by atoms with E-state index < -0.39 is 28.5 Å². The summed E-state index contributed by atoms with van der Waals surface area (Å²) in [7, 11) is -3.82. The predicted molar refractivity (Wildman–Crippen MR) is 141 cm³/mol. The highest BCUT2D eigenvalue weighted by molar-refractivity contribution is 7.92. The number of carbonyl (C=O) groups excluding carboxylic acids is 2. The number of sulfonamides is 1. The van der Waals surface area contributed by atoms with Gasteiger partial charge in [0.2, 0.25) is 28.6 Å². The first-order valence-corrected chi connectivity index (χ1v) is 14.5. The summed E-state index contributed by atoms with van der Waals surface area (Å²) < 4.78 is 37.3. The first kappa shape index (κ1) is 26.8. The summed E-state index contributed by atoms with van der Waals surface area (Å²) in [6.07, 6.45) is 6.22. The van der Waals surface area contributed by atoms with Gasteiger partial charge in [-0.1, -0.05) is 49.1 Å². The van der Waals surface area contributed by atoms with E-state index in [-0.39, 0.29) is 31.0 Å². The van der Waals surface area contributed by atoms with Crippen LogP contribution >= 0.6 is 0 Å². The standard InChI is InChI=1S/C27H35N3O6S/c1-19-9-11-21(12-10-19)16-29(20(2)27(32)28-22-7-5-4-6-8-22)26(31)17-30(37(3,33)34)23-13-14-24-25(15-23)36-18-35-24/h9-15,20,22H,4-8,16-18H2,1-3H3,(H,28,32). The topological polar surface area (TPSA) is 105 Å². The van der Waals surface area contributed by atoms with Crippen LogP contribution in [-0.2, 0) is 26.2 Å². The molecule has 10 heteroatoms. The van der Waals surface area contributed by atoms with Crippen LogP contribution in [0.15, 0.2) is 42.5 Å². The number of nitrogens with zero attached hydrogens (tertiary/aromatic N) is 2. The van der Waals surface area contributed by atoms with E-state index in [1.807, 2.05) is 31.2 Å². The quantitative estimate of drug-likeness (QED) is 0.534. The molecule has 2 amide bonds. The van der Waals surface area contributed by atoms with Crippen LogP contribution in [0.4, 0.5) is 5.69 Å². The van der Waals surface area contributed by atoms with Gasteiger partial charge in [-0.25, -0.2) is 8.42 Å². The highest BCUT2D eigenvalue weighted by Crippen LogP contribution is 2.36. The van der Waals surface area contributed by atoms with E-state index in [0.717, 1.165) is 47.4 Å². The number of fused-ring (bicyclic) bond motifs is 1. The summed E-state index contributed by atoms with van der Waals surface area (Å²) in [6.45, 7) is 3.44. The molecule has 1 aliphatic carbocycles. The Morgan fingerprint density at radius 1 is 1.03 bits per heavy atom. The van der Waals surface area contributed by atoms with E-state index in [1.165, 1.54) is 11.3 Å². The number of carbonyl (C=O) groups is 2. The molecular weight excluding hydrogens is 494 g/mol. The average molecular weight is 530 g/mol. The van der Waals surface area contributed by atoms with Crippen molar-refractivity contribution < 1.29 is 27.5 Å². The van der Waals surface area contributed by atoms with Gasteiger partial charge in [-0.15, -0.1) is 0 Å². The van der Waals surface area contributed by atoms with E-state index in [0.29, 0.717) is 11.5 Å². The second-order valence-corrected chi connectivity index (χ2v) is 11.7. The first-order chi connectivity index (χ1) is 17.6.